The molecule has 3 aromatic rings. The van der Waals surface area contributed by atoms with E-state index >= 15 is 0 Å². The van der Waals surface area contributed by atoms with Crippen molar-refractivity contribution in [2.45, 2.75) is 18.6 Å². The maximum atomic E-state index is 14.9. The molecule has 8 nitrogen and oxygen atoms in total. The van der Waals surface area contributed by atoms with Gasteiger partial charge in [-0.25, -0.2) is 18.4 Å². The Morgan fingerprint density at radius 2 is 1.85 bits per heavy atom. The number of nitrogens with zero attached hydrogens (tertiary/aromatic N) is 3. The number of halogens is 5. The second kappa shape index (κ2) is 7.99. The molecule has 0 amide bonds. The molecular formula is C20H15F5N4O4. The number of benzene rings is 2. The Kier molecular flexibility index (Phi) is 5.44. The topological polar surface area (TPSA) is 99.6 Å². The van der Waals surface area contributed by atoms with Crippen LogP contribution in [0.5, 0.6) is 0 Å². The molecule has 2 aromatic carbocycles. The van der Waals surface area contributed by atoms with Gasteiger partial charge in [-0.2, -0.15) is 13.2 Å². The number of hydrogen-bond acceptors (Lipinski definition) is 6. The molecule has 1 aromatic heterocycles. The summed E-state index contributed by atoms with van der Waals surface area (Å²) in [4.78, 5) is 42.6. The molecule has 13 heteroatoms. The Morgan fingerprint density at radius 3 is 2.45 bits per heavy atom. The van der Waals surface area contributed by atoms with Crippen molar-refractivity contribution in [3.05, 3.63) is 68.9 Å². The molecule has 0 radical (unpaired) electrons. The van der Waals surface area contributed by atoms with Crippen LogP contribution in [0.25, 0.3) is 16.6 Å². The lowest BCUT2D eigenvalue weighted by molar-refractivity contribution is -0.200. The van der Waals surface area contributed by atoms with Gasteiger partial charge >= 0.3 is 17.8 Å². The number of nitrogens with two attached hydrogens (primary N) is 1. The summed E-state index contributed by atoms with van der Waals surface area (Å²) >= 11 is 0. The molecule has 1 aliphatic rings. The molecule has 0 bridgehead atoms. The van der Waals surface area contributed by atoms with Crippen molar-refractivity contribution >= 4 is 22.6 Å². The van der Waals surface area contributed by atoms with E-state index in [0.717, 1.165) is 18.2 Å². The van der Waals surface area contributed by atoms with Gasteiger partial charge in [-0.3, -0.25) is 9.36 Å². The smallest absolute Gasteiger partial charge is 0.367 e. The van der Waals surface area contributed by atoms with Crippen LogP contribution < -0.4 is 26.7 Å². The second-order valence-electron chi connectivity index (χ2n) is 7.39. The van der Waals surface area contributed by atoms with Gasteiger partial charge in [0.25, 0.3) is 5.56 Å². The van der Waals surface area contributed by atoms with E-state index < -0.39 is 45.1 Å². The molecule has 1 saturated heterocycles. The summed E-state index contributed by atoms with van der Waals surface area (Å²) in [6.45, 7) is 0.668. The Hall–Kier alpha value is -3.74. The number of hydrogen-bond donors (Lipinski definition) is 1. The Morgan fingerprint density at radius 1 is 1.12 bits per heavy atom. The first-order chi connectivity index (χ1) is 15.5. The van der Waals surface area contributed by atoms with Crippen LogP contribution in [0.15, 0.2) is 46.0 Å². The molecule has 0 aliphatic carbocycles. The number of anilines is 1. The van der Waals surface area contributed by atoms with E-state index in [4.69, 9.17) is 5.73 Å². The van der Waals surface area contributed by atoms with Crippen molar-refractivity contribution in [1.82, 2.24) is 9.30 Å². The van der Waals surface area contributed by atoms with Crippen LogP contribution >= 0.6 is 0 Å². The fraction of sp³-hybridized carbons (Fsp3) is 0.250. The molecule has 1 aliphatic heterocycles. The number of rotatable bonds is 3. The lowest BCUT2D eigenvalue weighted by Gasteiger charge is -2.21. The summed E-state index contributed by atoms with van der Waals surface area (Å²) in [5.74, 6) is -4.55. The lowest BCUT2D eigenvalue weighted by atomic mass is 10.2. The first kappa shape index (κ1) is 22.5. The standard InChI is InChI=1S/C20H15F5N4O4/c21-10-2-1-3-12(6-10)28-15-8-16(27-5-4-11(26)9-27)14(22)7-13(15)17(30)29(19(28)32)33-18(31)20(23,24)25/h1-3,6-8,11H,4-5,9,26H2. The van der Waals surface area contributed by atoms with Gasteiger partial charge in [0.1, 0.15) is 11.6 Å². The minimum atomic E-state index is -5.52. The van der Waals surface area contributed by atoms with Crippen LogP contribution in [0.1, 0.15) is 6.42 Å². The highest BCUT2D eigenvalue weighted by Gasteiger charge is 2.42. The van der Waals surface area contributed by atoms with Crippen LogP contribution in [0, 0.1) is 11.6 Å². The van der Waals surface area contributed by atoms with Gasteiger partial charge < -0.3 is 15.5 Å². The molecule has 2 N–H and O–H groups in total. The van der Waals surface area contributed by atoms with Crippen molar-refractivity contribution < 1.29 is 31.6 Å². The third kappa shape index (κ3) is 4.06. The molecule has 0 spiro atoms. The highest BCUT2D eigenvalue weighted by molar-refractivity contribution is 5.84. The first-order valence-electron chi connectivity index (χ1n) is 9.54. The van der Waals surface area contributed by atoms with E-state index in [0.29, 0.717) is 23.6 Å². The quantitative estimate of drug-likeness (QED) is 0.583. The van der Waals surface area contributed by atoms with Gasteiger partial charge in [-0.05, 0) is 36.8 Å². The molecule has 174 valence electrons. The summed E-state index contributed by atoms with van der Waals surface area (Å²) in [5, 5.41) is -0.571. The molecule has 1 fully saturated rings. The minimum Gasteiger partial charge on any atom is -0.367 e. The number of aromatic nitrogens is 2. The Bertz CT molecular complexity index is 1380. The van der Waals surface area contributed by atoms with Gasteiger partial charge in [-0.15, -0.1) is 0 Å². The highest BCUT2D eigenvalue weighted by Crippen LogP contribution is 2.28. The number of carbonyl (C=O) groups excluding carboxylic acids is 1. The van der Waals surface area contributed by atoms with E-state index in [1.165, 1.54) is 12.1 Å². The van der Waals surface area contributed by atoms with E-state index in [1.54, 1.807) is 4.90 Å². The maximum absolute atomic E-state index is 14.9. The average Bonchev–Trinajstić information content (AvgIpc) is 3.16. The summed E-state index contributed by atoms with van der Waals surface area (Å²) in [6.07, 6.45) is -4.96. The zero-order valence-corrected chi connectivity index (χ0v) is 16.6. The minimum absolute atomic E-state index is 0.00978. The van der Waals surface area contributed by atoms with Crippen molar-refractivity contribution in [3.63, 3.8) is 0 Å². The van der Waals surface area contributed by atoms with Gasteiger partial charge in [0, 0.05) is 19.1 Å². The number of alkyl halides is 3. The van der Waals surface area contributed by atoms with Crippen molar-refractivity contribution in [1.29, 1.82) is 0 Å². The van der Waals surface area contributed by atoms with Crippen LogP contribution in [0.3, 0.4) is 0 Å². The van der Waals surface area contributed by atoms with Crippen LogP contribution in [-0.2, 0) is 4.79 Å². The van der Waals surface area contributed by atoms with Crippen molar-refractivity contribution in [3.8, 4) is 5.69 Å². The van der Waals surface area contributed by atoms with E-state index in [2.05, 4.69) is 4.84 Å². The average molecular weight is 470 g/mol. The second-order valence-corrected chi connectivity index (χ2v) is 7.39. The SMILES string of the molecule is NC1CCN(c2cc3c(cc2F)c(=O)n(OC(=O)C(F)(F)F)c(=O)n3-c2cccc(F)c2)C1. The largest absolute Gasteiger partial charge is 0.493 e. The third-order valence-electron chi connectivity index (χ3n) is 5.12. The van der Waals surface area contributed by atoms with E-state index in [1.807, 2.05) is 0 Å². The molecule has 0 saturated carbocycles. The normalized spacial score (nSPS) is 16.4. The zero-order chi connectivity index (χ0) is 24.1. The third-order valence-corrected chi connectivity index (χ3v) is 5.12. The fourth-order valence-electron chi connectivity index (χ4n) is 3.63. The Labute approximate surface area is 181 Å². The van der Waals surface area contributed by atoms with Crippen LogP contribution in [-0.4, -0.2) is 40.6 Å². The summed E-state index contributed by atoms with van der Waals surface area (Å²) in [5.41, 5.74) is 2.40. The first-order valence-corrected chi connectivity index (χ1v) is 9.54. The highest BCUT2D eigenvalue weighted by atomic mass is 19.4. The van der Waals surface area contributed by atoms with Gasteiger partial charge in [0.05, 0.1) is 22.3 Å². The predicted molar refractivity (Wildman–Crippen MR) is 106 cm³/mol. The summed E-state index contributed by atoms with van der Waals surface area (Å²) in [7, 11) is 0. The molecule has 2 heterocycles. The van der Waals surface area contributed by atoms with Crippen molar-refractivity contribution in [2.75, 3.05) is 18.0 Å². The number of carbonyl (C=O) groups is 1. The van der Waals surface area contributed by atoms with Gasteiger partial charge in [-0.1, -0.05) is 10.8 Å². The molecule has 4 rings (SSSR count). The number of fused-ring (bicyclic) bond motifs is 1. The van der Waals surface area contributed by atoms with Crippen LogP contribution in [0.2, 0.25) is 0 Å². The van der Waals surface area contributed by atoms with Gasteiger partial charge in [0.15, 0.2) is 0 Å². The Balaban J connectivity index is 2.04. The van der Waals surface area contributed by atoms with Crippen molar-refractivity contribution in [2.24, 2.45) is 5.73 Å². The van der Waals surface area contributed by atoms with Gasteiger partial charge in [0.2, 0.25) is 0 Å². The fourth-order valence-corrected chi connectivity index (χ4v) is 3.63. The molecule has 1 atom stereocenters. The van der Waals surface area contributed by atoms with E-state index in [9.17, 15) is 36.3 Å². The predicted octanol–water partition coefficient (Wildman–Crippen LogP) is 1.49. The van der Waals surface area contributed by atoms with E-state index in [-0.39, 0.29) is 29.5 Å². The van der Waals surface area contributed by atoms with Crippen LogP contribution in [0.4, 0.5) is 27.6 Å². The lowest BCUT2D eigenvalue weighted by Crippen LogP contribution is -2.48. The zero-order valence-electron chi connectivity index (χ0n) is 16.6. The summed E-state index contributed by atoms with van der Waals surface area (Å²) in [6, 6.07) is 5.99. The summed E-state index contributed by atoms with van der Waals surface area (Å²) < 4.78 is 67.0. The monoisotopic (exact) mass is 470 g/mol. The molecule has 1 unspecified atom stereocenters. The molecular weight excluding hydrogens is 455 g/mol. The molecule has 33 heavy (non-hydrogen) atoms. The maximum Gasteiger partial charge on any atom is 0.493 e.